The maximum atomic E-state index is 11.4. The first-order valence-electron chi connectivity index (χ1n) is 5.96. The highest BCUT2D eigenvalue weighted by Gasteiger charge is 2.16. The molecule has 0 rings (SSSR count). The Bertz CT molecular complexity index is 216. The molecule has 0 aliphatic heterocycles. The summed E-state index contributed by atoms with van der Waals surface area (Å²) < 4.78 is 0.750. The monoisotopic (exact) mass is 248 g/mol. The average Bonchev–Trinajstić information content (AvgIpc) is 2.23. The third-order valence-corrected chi connectivity index (χ3v) is 2.26. The van der Waals surface area contributed by atoms with Gasteiger partial charge in [0.15, 0.2) is 0 Å². The Morgan fingerprint density at radius 2 is 1.94 bits per heavy atom. The number of hydrogen-bond donors (Lipinski definition) is 2. The number of hydrogen-bond acceptors (Lipinski definition) is 5. The molecule has 0 aliphatic carbocycles. The summed E-state index contributed by atoms with van der Waals surface area (Å²) >= 11 is 0. The van der Waals surface area contributed by atoms with Crippen LogP contribution in [0, 0.1) is 0 Å². The van der Waals surface area contributed by atoms with Gasteiger partial charge in [-0.05, 0) is 19.4 Å². The van der Waals surface area contributed by atoms with Crippen molar-refractivity contribution in [3.05, 3.63) is 0 Å². The Hall–Kier alpha value is -0.690. The van der Waals surface area contributed by atoms with Gasteiger partial charge >= 0.3 is 5.97 Å². The van der Waals surface area contributed by atoms with Gasteiger partial charge in [-0.15, -0.1) is 0 Å². The van der Waals surface area contributed by atoms with Crippen molar-refractivity contribution >= 4 is 5.97 Å². The van der Waals surface area contributed by atoms with Gasteiger partial charge in [-0.1, -0.05) is 6.42 Å². The Morgan fingerprint density at radius 1 is 1.29 bits per heavy atom. The Labute approximate surface area is 103 Å². The minimum absolute atomic E-state index is 0.366. The maximum Gasteiger partial charge on any atom is 0.358 e. The molecule has 17 heavy (non-hydrogen) atoms. The molecule has 0 aromatic carbocycles. The van der Waals surface area contributed by atoms with Gasteiger partial charge in [0.25, 0.3) is 0 Å². The van der Waals surface area contributed by atoms with Crippen molar-refractivity contribution in [2.45, 2.75) is 25.3 Å². The van der Waals surface area contributed by atoms with Crippen LogP contribution in [0.2, 0.25) is 0 Å². The molecule has 0 radical (unpaired) electrons. The highest BCUT2D eigenvalue weighted by molar-refractivity contribution is 5.74. The zero-order chi connectivity index (χ0) is 13.3. The van der Waals surface area contributed by atoms with E-state index in [-0.39, 0.29) is 0 Å². The number of unbranched alkanes of at least 4 members (excludes halogenated alkanes) is 1. The molecular weight excluding hydrogens is 222 g/mol. The molecule has 0 aromatic heterocycles. The summed E-state index contributed by atoms with van der Waals surface area (Å²) in [5, 5.41) is 0. The highest BCUT2D eigenvalue weighted by Crippen LogP contribution is 2.00. The van der Waals surface area contributed by atoms with Crippen LogP contribution in [0.5, 0.6) is 0 Å². The van der Waals surface area contributed by atoms with Crippen molar-refractivity contribution in [3.63, 3.8) is 0 Å². The number of quaternary nitrogens is 1. The topological polar surface area (TPSA) is 87.6 Å². The molecule has 4 N–H and O–H groups in total. The van der Waals surface area contributed by atoms with Crippen LogP contribution in [-0.2, 0) is 14.6 Å². The molecule has 0 bridgehead atoms. The zero-order valence-corrected chi connectivity index (χ0v) is 11.1. The Morgan fingerprint density at radius 3 is 2.47 bits per heavy atom. The van der Waals surface area contributed by atoms with Crippen LogP contribution < -0.4 is 11.5 Å². The van der Waals surface area contributed by atoms with Crippen molar-refractivity contribution in [1.29, 1.82) is 0 Å². The second-order valence-corrected chi connectivity index (χ2v) is 5.13. The lowest BCUT2D eigenvalue weighted by Crippen LogP contribution is -2.38. The number of likely N-dealkylation sites (N-methyl/N-ethyl adjacent to an activating group) is 1. The first kappa shape index (κ1) is 16.3. The summed E-state index contributed by atoms with van der Waals surface area (Å²) in [6.45, 7) is 1.74. The summed E-state index contributed by atoms with van der Waals surface area (Å²) in [6.07, 6.45) is 2.27. The number of carbonyl (C=O) groups is 1. The molecular formula is C11H26N3O3+. The molecule has 0 fully saturated rings. The lowest BCUT2D eigenvalue weighted by Gasteiger charge is -2.23. The third-order valence-electron chi connectivity index (χ3n) is 2.26. The summed E-state index contributed by atoms with van der Waals surface area (Å²) in [6, 6.07) is -0.620. The molecule has 0 aliphatic rings. The molecule has 0 amide bonds. The minimum atomic E-state index is -0.620. The number of rotatable bonds is 9. The second-order valence-electron chi connectivity index (χ2n) is 5.13. The number of nitrogens with two attached hydrogens (primary N) is 2. The summed E-state index contributed by atoms with van der Waals surface area (Å²) in [5.41, 5.74) is 11.0. The largest absolute Gasteiger partial charge is 0.358 e. The smallest absolute Gasteiger partial charge is 0.330 e. The van der Waals surface area contributed by atoms with Crippen molar-refractivity contribution in [1.82, 2.24) is 0 Å². The Kier molecular flexibility index (Phi) is 8.07. The Balaban J connectivity index is 3.57. The summed E-state index contributed by atoms with van der Waals surface area (Å²) in [5.74, 6) is -0.511. The number of carbonyl (C=O) groups excluding carboxylic acids is 1. The van der Waals surface area contributed by atoms with Gasteiger partial charge in [0.1, 0.15) is 19.2 Å². The summed E-state index contributed by atoms with van der Waals surface area (Å²) in [7, 11) is 6.09. The van der Waals surface area contributed by atoms with E-state index in [1.165, 1.54) is 0 Å². The van der Waals surface area contributed by atoms with Gasteiger partial charge in [-0.2, -0.15) is 4.89 Å². The standard InChI is InChI=1S/C11H26N3O3/c1-14(2,3)8-9-16-17-11(15)10(13)6-4-5-7-12/h10H,4-9,12-13H2,1-3H3/q+1/t10-/m0/s1. The van der Waals surface area contributed by atoms with E-state index in [1.54, 1.807) is 0 Å². The van der Waals surface area contributed by atoms with E-state index in [2.05, 4.69) is 4.89 Å². The number of nitrogens with zero attached hydrogens (tertiary/aromatic N) is 1. The van der Waals surface area contributed by atoms with Gasteiger partial charge in [0.05, 0.1) is 21.1 Å². The van der Waals surface area contributed by atoms with E-state index < -0.39 is 12.0 Å². The van der Waals surface area contributed by atoms with E-state index in [0.29, 0.717) is 19.6 Å². The first-order chi connectivity index (χ1) is 7.87. The normalized spacial score (nSPS) is 13.5. The SMILES string of the molecule is C[N+](C)(C)CCOOC(=O)[C@@H](N)CCCCN. The molecule has 6 nitrogen and oxygen atoms in total. The van der Waals surface area contributed by atoms with Crippen LogP contribution >= 0.6 is 0 Å². The van der Waals surface area contributed by atoms with Crippen molar-refractivity contribution < 1.29 is 19.1 Å². The van der Waals surface area contributed by atoms with Crippen molar-refractivity contribution in [3.8, 4) is 0 Å². The van der Waals surface area contributed by atoms with Crippen molar-refractivity contribution in [2.75, 3.05) is 40.8 Å². The summed E-state index contributed by atoms with van der Waals surface area (Å²) in [4.78, 5) is 20.8. The van der Waals surface area contributed by atoms with Crippen LogP contribution in [0.3, 0.4) is 0 Å². The minimum Gasteiger partial charge on any atom is -0.330 e. The highest BCUT2D eigenvalue weighted by atomic mass is 17.2. The predicted molar refractivity (Wildman–Crippen MR) is 65.8 cm³/mol. The first-order valence-corrected chi connectivity index (χ1v) is 5.96. The molecule has 0 saturated carbocycles. The fourth-order valence-corrected chi connectivity index (χ4v) is 1.10. The average molecular weight is 248 g/mol. The molecule has 1 atom stereocenters. The fraction of sp³-hybridized carbons (Fsp3) is 0.909. The van der Waals surface area contributed by atoms with Crippen LogP contribution in [0.25, 0.3) is 0 Å². The van der Waals surface area contributed by atoms with E-state index >= 15 is 0 Å². The van der Waals surface area contributed by atoms with Gasteiger partial charge in [-0.25, -0.2) is 4.79 Å². The quantitative estimate of drug-likeness (QED) is 0.251. The van der Waals surface area contributed by atoms with E-state index in [4.69, 9.17) is 16.4 Å². The molecule has 0 spiro atoms. The van der Waals surface area contributed by atoms with E-state index in [9.17, 15) is 4.79 Å². The van der Waals surface area contributed by atoms with Gasteiger partial charge < -0.3 is 16.0 Å². The van der Waals surface area contributed by atoms with E-state index in [1.807, 2.05) is 21.1 Å². The van der Waals surface area contributed by atoms with Crippen LogP contribution in [0.1, 0.15) is 19.3 Å². The lowest BCUT2D eigenvalue weighted by molar-refractivity contribution is -0.871. The molecule has 0 saturated heterocycles. The third kappa shape index (κ3) is 10.2. The van der Waals surface area contributed by atoms with Crippen LogP contribution in [-0.4, -0.2) is 57.3 Å². The molecule has 0 unspecified atom stereocenters. The zero-order valence-electron chi connectivity index (χ0n) is 11.1. The van der Waals surface area contributed by atoms with Gasteiger partial charge in [0, 0.05) is 0 Å². The van der Waals surface area contributed by atoms with E-state index in [0.717, 1.165) is 23.9 Å². The maximum absolute atomic E-state index is 11.4. The molecule has 6 heteroatoms. The van der Waals surface area contributed by atoms with Crippen LogP contribution in [0.4, 0.5) is 0 Å². The lowest BCUT2D eigenvalue weighted by atomic mass is 10.1. The molecule has 0 heterocycles. The van der Waals surface area contributed by atoms with Gasteiger partial charge in [-0.3, -0.25) is 4.89 Å². The fourth-order valence-electron chi connectivity index (χ4n) is 1.10. The van der Waals surface area contributed by atoms with Crippen molar-refractivity contribution in [2.24, 2.45) is 11.5 Å². The predicted octanol–water partition coefficient (Wildman–Crippen LogP) is -0.376. The van der Waals surface area contributed by atoms with Crippen LogP contribution in [0.15, 0.2) is 0 Å². The van der Waals surface area contributed by atoms with Gasteiger partial charge in [0.2, 0.25) is 0 Å². The molecule has 102 valence electrons. The second kappa shape index (κ2) is 8.41. The molecule has 0 aromatic rings.